The van der Waals surface area contributed by atoms with E-state index in [2.05, 4.69) is 54.7 Å². The van der Waals surface area contributed by atoms with Gasteiger partial charge in [0.15, 0.2) is 0 Å². The topological polar surface area (TPSA) is 33.1 Å². The fraction of sp³-hybridized carbons (Fsp3) is 0.800. The summed E-state index contributed by atoms with van der Waals surface area (Å²) in [5.41, 5.74) is 3.95. The van der Waals surface area contributed by atoms with E-state index in [1.807, 2.05) is 0 Å². The van der Waals surface area contributed by atoms with Crippen molar-refractivity contribution in [2.24, 2.45) is 0 Å². The first-order valence-electron chi connectivity index (χ1n) is 7.52. The molecule has 0 aromatic carbocycles. The van der Waals surface area contributed by atoms with Gasteiger partial charge in [0.1, 0.15) is 0 Å². The molecule has 110 valence electrons. The monoisotopic (exact) mass is 266 g/mol. The molecule has 1 aromatic rings. The van der Waals surface area contributed by atoms with Crippen LogP contribution in [0.4, 0.5) is 0 Å². The lowest BCUT2D eigenvalue weighted by Crippen LogP contribution is -2.31. The molecule has 0 bridgehead atoms. The van der Waals surface area contributed by atoms with Gasteiger partial charge in [0.25, 0.3) is 0 Å². The summed E-state index contributed by atoms with van der Waals surface area (Å²) in [7, 11) is 2.20. The molecule has 1 N–H and O–H groups in total. The van der Waals surface area contributed by atoms with Crippen LogP contribution in [0.5, 0.6) is 0 Å². The van der Waals surface area contributed by atoms with Crippen molar-refractivity contribution in [2.75, 3.05) is 33.2 Å². The van der Waals surface area contributed by atoms with Crippen LogP contribution < -0.4 is 5.32 Å². The van der Waals surface area contributed by atoms with E-state index in [-0.39, 0.29) is 0 Å². The van der Waals surface area contributed by atoms with Crippen LogP contribution >= 0.6 is 0 Å². The largest absolute Gasteiger partial charge is 0.315 e. The van der Waals surface area contributed by atoms with Crippen molar-refractivity contribution in [1.82, 2.24) is 20.0 Å². The van der Waals surface area contributed by atoms with Crippen LogP contribution in [0.2, 0.25) is 0 Å². The fourth-order valence-corrected chi connectivity index (χ4v) is 2.39. The lowest BCUT2D eigenvalue weighted by Gasteiger charge is -2.17. The van der Waals surface area contributed by atoms with Gasteiger partial charge in [0.2, 0.25) is 0 Å². The van der Waals surface area contributed by atoms with Gasteiger partial charge < -0.3 is 10.2 Å². The number of likely N-dealkylation sites (N-methyl/N-ethyl adjacent to an activating group) is 1. The zero-order valence-electron chi connectivity index (χ0n) is 13.3. The maximum absolute atomic E-state index is 4.58. The third-order valence-corrected chi connectivity index (χ3v) is 3.67. The highest BCUT2D eigenvalue weighted by atomic mass is 15.3. The van der Waals surface area contributed by atoms with E-state index in [9.17, 15) is 0 Å². The minimum atomic E-state index is 0.962. The van der Waals surface area contributed by atoms with Crippen molar-refractivity contribution in [3.8, 4) is 0 Å². The minimum absolute atomic E-state index is 0.962. The highest BCUT2D eigenvalue weighted by molar-refractivity contribution is 5.24. The molecule has 0 atom stereocenters. The molecule has 1 aromatic heterocycles. The molecule has 0 aliphatic heterocycles. The Kier molecular flexibility index (Phi) is 7.10. The SMILES string of the molecule is CCCNCCN(C)CCc1c(C)nn(CC)c1C. The summed E-state index contributed by atoms with van der Waals surface area (Å²) in [5.74, 6) is 0. The third-order valence-electron chi connectivity index (χ3n) is 3.67. The van der Waals surface area contributed by atoms with Gasteiger partial charge in [-0.25, -0.2) is 0 Å². The molecule has 0 radical (unpaired) electrons. The average Bonchev–Trinajstić information content (AvgIpc) is 2.67. The van der Waals surface area contributed by atoms with Crippen molar-refractivity contribution in [1.29, 1.82) is 0 Å². The normalized spacial score (nSPS) is 11.5. The Labute approximate surface area is 118 Å². The molecule has 1 heterocycles. The number of hydrogen-bond acceptors (Lipinski definition) is 3. The Balaban J connectivity index is 2.37. The van der Waals surface area contributed by atoms with Crippen molar-refractivity contribution < 1.29 is 0 Å². The lowest BCUT2D eigenvalue weighted by atomic mass is 10.1. The molecule has 0 saturated carbocycles. The minimum Gasteiger partial charge on any atom is -0.315 e. The molecule has 19 heavy (non-hydrogen) atoms. The quantitative estimate of drug-likeness (QED) is 0.694. The second kappa shape index (κ2) is 8.33. The molecule has 0 amide bonds. The second-order valence-electron chi connectivity index (χ2n) is 5.27. The predicted molar refractivity (Wildman–Crippen MR) is 81.7 cm³/mol. The molecule has 0 spiro atoms. The van der Waals surface area contributed by atoms with Crippen LogP contribution in [0.3, 0.4) is 0 Å². The Morgan fingerprint density at radius 1 is 1.16 bits per heavy atom. The summed E-state index contributed by atoms with van der Waals surface area (Å²) in [5, 5.41) is 8.02. The van der Waals surface area contributed by atoms with Crippen molar-refractivity contribution >= 4 is 0 Å². The predicted octanol–water partition coefficient (Wildman–Crippen LogP) is 1.99. The molecule has 0 aliphatic carbocycles. The van der Waals surface area contributed by atoms with Crippen LogP contribution in [0, 0.1) is 13.8 Å². The maximum atomic E-state index is 4.58. The van der Waals surface area contributed by atoms with Gasteiger partial charge in [0.05, 0.1) is 5.69 Å². The third kappa shape index (κ3) is 4.96. The molecule has 0 saturated heterocycles. The first kappa shape index (κ1) is 16.2. The van der Waals surface area contributed by atoms with E-state index in [1.54, 1.807) is 0 Å². The lowest BCUT2D eigenvalue weighted by molar-refractivity contribution is 0.335. The molecular formula is C15H30N4. The molecule has 0 fully saturated rings. The molecule has 4 heteroatoms. The highest BCUT2D eigenvalue weighted by Gasteiger charge is 2.10. The van der Waals surface area contributed by atoms with Gasteiger partial charge in [0, 0.05) is 31.9 Å². The fourth-order valence-electron chi connectivity index (χ4n) is 2.39. The summed E-state index contributed by atoms with van der Waals surface area (Å²) in [6.07, 6.45) is 2.31. The molecule has 4 nitrogen and oxygen atoms in total. The average molecular weight is 266 g/mol. The number of nitrogens with zero attached hydrogens (tertiary/aromatic N) is 3. The van der Waals surface area contributed by atoms with E-state index in [1.165, 1.54) is 23.4 Å². The van der Waals surface area contributed by atoms with Gasteiger partial charge in [-0.3, -0.25) is 4.68 Å². The zero-order valence-corrected chi connectivity index (χ0v) is 13.3. The summed E-state index contributed by atoms with van der Waals surface area (Å²) in [4.78, 5) is 2.39. The van der Waals surface area contributed by atoms with Gasteiger partial charge >= 0.3 is 0 Å². The van der Waals surface area contributed by atoms with Gasteiger partial charge in [-0.15, -0.1) is 0 Å². The van der Waals surface area contributed by atoms with Crippen LogP contribution in [-0.2, 0) is 13.0 Å². The summed E-state index contributed by atoms with van der Waals surface area (Å²) < 4.78 is 2.10. The van der Waals surface area contributed by atoms with Crippen molar-refractivity contribution in [3.05, 3.63) is 17.0 Å². The zero-order chi connectivity index (χ0) is 14.3. The second-order valence-corrected chi connectivity index (χ2v) is 5.27. The maximum Gasteiger partial charge on any atom is 0.0628 e. The number of rotatable bonds is 9. The van der Waals surface area contributed by atoms with Crippen molar-refractivity contribution in [2.45, 2.75) is 47.1 Å². The van der Waals surface area contributed by atoms with Crippen LogP contribution in [0.1, 0.15) is 37.2 Å². The number of aromatic nitrogens is 2. The van der Waals surface area contributed by atoms with Gasteiger partial charge in [-0.1, -0.05) is 6.92 Å². The summed E-state index contributed by atoms with van der Waals surface area (Å²) in [6.45, 7) is 14.0. The summed E-state index contributed by atoms with van der Waals surface area (Å²) in [6, 6.07) is 0. The number of nitrogens with one attached hydrogen (secondary N) is 1. The van der Waals surface area contributed by atoms with E-state index in [0.717, 1.165) is 39.1 Å². The van der Waals surface area contributed by atoms with Crippen LogP contribution in [-0.4, -0.2) is 47.9 Å². The standard InChI is InChI=1S/C15H30N4/c1-6-9-16-10-12-18(5)11-8-15-13(3)17-19(7-2)14(15)4/h16H,6-12H2,1-5H3. The van der Waals surface area contributed by atoms with Crippen LogP contribution in [0.15, 0.2) is 0 Å². The Morgan fingerprint density at radius 3 is 2.47 bits per heavy atom. The molecule has 0 unspecified atom stereocenters. The first-order valence-corrected chi connectivity index (χ1v) is 7.52. The van der Waals surface area contributed by atoms with E-state index >= 15 is 0 Å². The molecule has 1 rings (SSSR count). The Hall–Kier alpha value is -0.870. The highest BCUT2D eigenvalue weighted by Crippen LogP contribution is 2.13. The first-order chi connectivity index (χ1) is 9.10. The van der Waals surface area contributed by atoms with E-state index in [0.29, 0.717) is 0 Å². The number of aryl methyl sites for hydroxylation is 2. The Morgan fingerprint density at radius 2 is 1.89 bits per heavy atom. The number of hydrogen-bond donors (Lipinski definition) is 1. The van der Waals surface area contributed by atoms with Crippen LogP contribution in [0.25, 0.3) is 0 Å². The van der Waals surface area contributed by atoms with E-state index in [4.69, 9.17) is 0 Å². The molecular weight excluding hydrogens is 236 g/mol. The Bertz CT molecular complexity index is 370. The van der Waals surface area contributed by atoms with Gasteiger partial charge in [-0.05, 0) is 52.8 Å². The molecule has 0 aliphatic rings. The van der Waals surface area contributed by atoms with Gasteiger partial charge in [-0.2, -0.15) is 5.10 Å². The smallest absolute Gasteiger partial charge is 0.0628 e. The summed E-state index contributed by atoms with van der Waals surface area (Å²) >= 11 is 0. The van der Waals surface area contributed by atoms with Crippen molar-refractivity contribution in [3.63, 3.8) is 0 Å². The van der Waals surface area contributed by atoms with E-state index < -0.39 is 0 Å².